The zero-order valence-electron chi connectivity index (χ0n) is 17.8. The van der Waals surface area contributed by atoms with Crippen LogP contribution in [0.25, 0.3) is 0 Å². The summed E-state index contributed by atoms with van der Waals surface area (Å²) in [6, 6.07) is 4.79. The molecule has 1 atom stereocenters. The fourth-order valence-electron chi connectivity index (χ4n) is 5.13. The Morgan fingerprint density at radius 3 is 2.67 bits per heavy atom. The van der Waals surface area contributed by atoms with Crippen LogP contribution >= 0.6 is 0 Å². The molecule has 1 N–H and O–H groups in total. The molecule has 3 fully saturated rings. The van der Waals surface area contributed by atoms with Gasteiger partial charge in [-0.05, 0) is 37.5 Å². The minimum Gasteiger partial charge on any atom is -0.379 e. The molecule has 1 saturated carbocycles. The molecule has 2 heterocycles. The van der Waals surface area contributed by atoms with Crippen LogP contribution in [0.4, 0.5) is 10.1 Å². The summed E-state index contributed by atoms with van der Waals surface area (Å²) in [5.74, 6) is -0.930. The molecule has 1 unspecified atom stereocenters. The predicted octanol–water partition coefficient (Wildman–Crippen LogP) is 2.64. The number of halogens is 1. The zero-order valence-corrected chi connectivity index (χ0v) is 17.8. The van der Waals surface area contributed by atoms with E-state index in [0.717, 1.165) is 39.1 Å². The van der Waals surface area contributed by atoms with Crippen LogP contribution in [0.2, 0.25) is 0 Å². The summed E-state index contributed by atoms with van der Waals surface area (Å²) in [6.45, 7) is 5.92. The summed E-state index contributed by atoms with van der Waals surface area (Å²) in [4.78, 5) is 29.5. The molecule has 0 radical (unpaired) electrons. The molecule has 1 aliphatic carbocycles. The van der Waals surface area contributed by atoms with Crippen molar-refractivity contribution in [2.45, 2.75) is 51.0 Å². The largest absolute Gasteiger partial charge is 0.379 e. The van der Waals surface area contributed by atoms with E-state index >= 15 is 0 Å². The third kappa shape index (κ3) is 4.37. The van der Waals surface area contributed by atoms with Gasteiger partial charge in [-0.3, -0.25) is 14.5 Å². The van der Waals surface area contributed by atoms with E-state index in [2.05, 4.69) is 10.2 Å². The number of rotatable bonds is 5. The normalized spacial score (nSPS) is 24.8. The van der Waals surface area contributed by atoms with Crippen LogP contribution in [0, 0.1) is 18.7 Å². The molecule has 0 bridgehead atoms. The van der Waals surface area contributed by atoms with Crippen molar-refractivity contribution >= 4 is 17.5 Å². The minimum absolute atomic E-state index is 0.0000753. The molecule has 164 valence electrons. The molecule has 2 amide bonds. The molecule has 1 aromatic rings. The lowest BCUT2D eigenvalue weighted by Crippen LogP contribution is -2.60. The Morgan fingerprint density at radius 2 is 1.97 bits per heavy atom. The van der Waals surface area contributed by atoms with Gasteiger partial charge in [0.15, 0.2) is 0 Å². The van der Waals surface area contributed by atoms with Crippen molar-refractivity contribution in [3.8, 4) is 0 Å². The molecular weight excluding hydrogens is 385 g/mol. The molecule has 1 aromatic carbocycles. The number of morpholine rings is 1. The standard InChI is InChI=1S/C23H32FN3O3/c1-17-5-6-19(14-20(17)24)27-15-18(13-21(27)28)22(29)25-16-23(7-3-2-4-8-23)26-9-11-30-12-10-26/h5-6,14,18H,2-4,7-13,15-16H2,1H3,(H,25,29). The number of anilines is 1. The van der Waals surface area contributed by atoms with Gasteiger partial charge in [0.2, 0.25) is 11.8 Å². The number of carbonyl (C=O) groups is 2. The molecule has 7 heteroatoms. The summed E-state index contributed by atoms with van der Waals surface area (Å²) in [7, 11) is 0. The van der Waals surface area contributed by atoms with Crippen molar-refractivity contribution in [3.05, 3.63) is 29.6 Å². The molecule has 4 rings (SSSR count). The van der Waals surface area contributed by atoms with E-state index in [4.69, 9.17) is 4.74 Å². The van der Waals surface area contributed by atoms with Crippen molar-refractivity contribution in [3.63, 3.8) is 0 Å². The van der Waals surface area contributed by atoms with Gasteiger partial charge in [-0.1, -0.05) is 25.3 Å². The molecule has 3 aliphatic rings. The van der Waals surface area contributed by atoms with Crippen LogP contribution in [0.3, 0.4) is 0 Å². The fourth-order valence-corrected chi connectivity index (χ4v) is 5.13. The van der Waals surface area contributed by atoms with Crippen molar-refractivity contribution in [2.24, 2.45) is 5.92 Å². The van der Waals surface area contributed by atoms with Gasteiger partial charge in [0.1, 0.15) is 5.82 Å². The van der Waals surface area contributed by atoms with Crippen LogP contribution in [0.5, 0.6) is 0 Å². The predicted molar refractivity (Wildman–Crippen MR) is 113 cm³/mol. The van der Waals surface area contributed by atoms with Crippen molar-refractivity contribution < 1.29 is 18.7 Å². The molecular formula is C23H32FN3O3. The Hall–Kier alpha value is -1.99. The highest BCUT2D eigenvalue weighted by Gasteiger charge is 2.40. The van der Waals surface area contributed by atoms with Gasteiger partial charge < -0.3 is 15.0 Å². The average Bonchev–Trinajstić information content (AvgIpc) is 3.17. The maximum absolute atomic E-state index is 13.9. The maximum atomic E-state index is 13.9. The summed E-state index contributed by atoms with van der Waals surface area (Å²) in [5, 5.41) is 3.17. The first-order chi connectivity index (χ1) is 14.5. The highest BCUT2D eigenvalue weighted by Crippen LogP contribution is 2.34. The second-order valence-electron chi connectivity index (χ2n) is 8.94. The van der Waals surface area contributed by atoms with E-state index in [0.29, 0.717) is 24.3 Å². The lowest BCUT2D eigenvalue weighted by atomic mass is 9.79. The lowest BCUT2D eigenvalue weighted by Gasteiger charge is -2.48. The maximum Gasteiger partial charge on any atom is 0.227 e. The van der Waals surface area contributed by atoms with Crippen molar-refractivity contribution in [2.75, 3.05) is 44.3 Å². The molecule has 0 aromatic heterocycles. The molecule has 2 aliphatic heterocycles. The first-order valence-electron chi connectivity index (χ1n) is 11.2. The van der Waals surface area contributed by atoms with Crippen LogP contribution < -0.4 is 10.2 Å². The van der Waals surface area contributed by atoms with E-state index in [1.54, 1.807) is 19.1 Å². The third-order valence-electron chi connectivity index (χ3n) is 7.02. The second kappa shape index (κ2) is 9.02. The number of nitrogens with zero attached hydrogens (tertiary/aromatic N) is 2. The Balaban J connectivity index is 1.39. The number of carbonyl (C=O) groups excluding carboxylic acids is 2. The summed E-state index contributed by atoms with van der Waals surface area (Å²) in [6.07, 6.45) is 5.96. The summed E-state index contributed by atoms with van der Waals surface area (Å²) < 4.78 is 19.5. The number of aryl methyl sites for hydroxylation is 1. The Morgan fingerprint density at radius 1 is 1.23 bits per heavy atom. The van der Waals surface area contributed by atoms with Crippen LogP contribution in [0.15, 0.2) is 18.2 Å². The molecule has 6 nitrogen and oxygen atoms in total. The first-order valence-corrected chi connectivity index (χ1v) is 11.2. The first kappa shape index (κ1) is 21.2. The van der Waals surface area contributed by atoms with Gasteiger partial charge in [-0.15, -0.1) is 0 Å². The lowest BCUT2D eigenvalue weighted by molar-refractivity contribution is -0.127. The topological polar surface area (TPSA) is 61.9 Å². The number of amides is 2. The van der Waals surface area contributed by atoms with E-state index in [-0.39, 0.29) is 29.6 Å². The summed E-state index contributed by atoms with van der Waals surface area (Å²) in [5.41, 5.74) is 1.07. The minimum atomic E-state index is -0.396. The SMILES string of the molecule is Cc1ccc(N2CC(C(=O)NCC3(N4CCOCC4)CCCCC3)CC2=O)cc1F. The monoisotopic (exact) mass is 417 g/mol. The van der Waals surface area contributed by atoms with Crippen LogP contribution in [0.1, 0.15) is 44.1 Å². The molecule has 30 heavy (non-hydrogen) atoms. The fraction of sp³-hybridized carbons (Fsp3) is 0.652. The Labute approximate surface area is 177 Å². The highest BCUT2D eigenvalue weighted by atomic mass is 19.1. The van der Waals surface area contributed by atoms with Crippen LogP contribution in [-0.2, 0) is 14.3 Å². The quantitative estimate of drug-likeness (QED) is 0.800. The van der Waals surface area contributed by atoms with Crippen molar-refractivity contribution in [1.29, 1.82) is 0 Å². The highest BCUT2D eigenvalue weighted by molar-refractivity contribution is 6.00. The summed E-state index contributed by atoms with van der Waals surface area (Å²) >= 11 is 0. The Bertz CT molecular complexity index is 788. The second-order valence-corrected chi connectivity index (χ2v) is 8.94. The number of benzene rings is 1. The van der Waals surface area contributed by atoms with Gasteiger partial charge in [0, 0.05) is 43.8 Å². The number of hydrogen-bond donors (Lipinski definition) is 1. The zero-order chi connectivity index (χ0) is 21.1. The van der Waals surface area contributed by atoms with Gasteiger partial charge in [-0.25, -0.2) is 4.39 Å². The number of hydrogen-bond acceptors (Lipinski definition) is 4. The van der Waals surface area contributed by atoms with Gasteiger partial charge in [0.05, 0.1) is 19.1 Å². The smallest absolute Gasteiger partial charge is 0.227 e. The number of nitrogens with one attached hydrogen (secondary N) is 1. The van der Waals surface area contributed by atoms with E-state index < -0.39 is 5.92 Å². The van der Waals surface area contributed by atoms with Crippen molar-refractivity contribution in [1.82, 2.24) is 10.2 Å². The molecule has 0 spiro atoms. The van der Waals surface area contributed by atoms with E-state index in [9.17, 15) is 14.0 Å². The Kier molecular flexibility index (Phi) is 6.39. The van der Waals surface area contributed by atoms with E-state index in [1.807, 2.05) is 0 Å². The van der Waals surface area contributed by atoms with Gasteiger partial charge >= 0.3 is 0 Å². The van der Waals surface area contributed by atoms with E-state index in [1.165, 1.54) is 30.2 Å². The third-order valence-corrected chi connectivity index (χ3v) is 7.02. The van der Waals surface area contributed by atoms with Crippen LogP contribution in [-0.4, -0.2) is 61.6 Å². The van der Waals surface area contributed by atoms with Gasteiger partial charge in [0.25, 0.3) is 0 Å². The average molecular weight is 418 g/mol. The number of ether oxygens (including phenoxy) is 1. The molecule has 2 saturated heterocycles. The van der Waals surface area contributed by atoms with Gasteiger partial charge in [-0.2, -0.15) is 0 Å².